The molecule has 0 spiro atoms. The van der Waals surface area contributed by atoms with Crippen molar-refractivity contribution in [1.29, 1.82) is 0 Å². The molecule has 0 aliphatic carbocycles. The Labute approximate surface area is 140 Å². The number of piperidine rings is 1. The van der Waals surface area contributed by atoms with E-state index < -0.39 is 23.0 Å². The Balaban J connectivity index is 1.71. The van der Waals surface area contributed by atoms with Crippen molar-refractivity contribution in [2.45, 2.75) is 19.3 Å². The molecule has 0 saturated carbocycles. The number of hydrogen-bond donors (Lipinski definition) is 0. The maximum absolute atomic E-state index is 13.6. The van der Waals surface area contributed by atoms with Crippen LogP contribution < -0.4 is 4.90 Å². The lowest BCUT2D eigenvalue weighted by molar-refractivity contribution is 0.104. The van der Waals surface area contributed by atoms with Crippen LogP contribution in [0.5, 0.6) is 0 Å². The van der Waals surface area contributed by atoms with Gasteiger partial charge in [0.2, 0.25) is 0 Å². The topological polar surface area (TPSA) is 20.3 Å². The second kappa shape index (κ2) is 7.39. The van der Waals surface area contributed by atoms with E-state index in [4.69, 9.17) is 0 Å². The second-order valence-corrected chi connectivity index (χ2v) is 5.93. The fourth-order valence-electron chi connectivity index (χ4n) is 2.94. The summed E-state index contributed by atoms with van der Waals surface area (Å²) in [4.78, 5) is 14.3. The van der Waals surface area contributed by atoms with Gasteiger partial charge in [0.05, 0.1) is 5.56 Å². The van der Waals surface area contributed by atoms with Crippen molar-refractivity contribution in [3.05, 3.63) is 71.3 Å². The summed E-state index contributed by atoms with van der Waals surface area (Å²) in [6.45, 7) is 2.14. The number of hydrogen-bond acceptors (Lipinski definition) is 2. The summed E-state index contributed by atoms with van der Waals surface area (Å²) < 4.78 is 27.2. The van der Waals surface area contributed by atoms with Crippen molar-refractivity contribution in [2.75, 3.05) is 18.0 Å². The van der Waals surface area contributed by atoms with Gasteiger partial charge in [-0.1, -0.05) is 24.3 Å². The number of benzene rings is 2. The summed E-state index contributed by atoms with van der Waals surface area (Å²) in [5.41, 5.74) is 1.47. The maximum atomic E-state index is 13.6. The Kier molecular flexibility index (Phi) is 5.04. The molecule has 0 atom stereocenters. The van der Waals surface area contributed by atoms with E-state index in [-0.39, 0.29) is 0 Å². The SMILES string of the molecule is O=C(/C=C/c1ccc(N2CCCCC2)cc1)c1c(F)cccc1F. The summed E-state index contributed by atoms with van der Waals surface area (Å²) in [5.74, 6) is -2.36. The Morgan fingerprint density at radius 2 is 1.54 bits per heavy atom. The van der Waals surface area contributed by atoms with Crippen molar-refractivity contribution in [3.63, 3.8) is 0 Å². The average Bonchev–Trinajstić information content (AvgIpc) is 2.61. The van der Waals surface area contributed by atoms with E-state index in [1.165, 1.54) is 37.1 Å². The number of allylic oxidation sites excluding steroid dienone is 1. The molecule has 3 rings (SSSR count). The standard InChI is InChI=1S/C20H19F2NO/c21-17-5-4-6-18(22)20(17)19(24)12-9-15-7-10-16(11-8-15)23-13-2-1-3-14-23/h4-12H,1-3,13-14H2/b12-9+. The van der Waals surface area contributed by atoms with Crippen molar-refractivity contribution in [2.24, 2.45) is 0 Å². The van der Waals surface area contributed by atoms with Crippen LogP contribution in [0.2, 0.25) is 0 Å². The summed E-state index contributed by atoms with van der Waals surface area (Å²) >= 11 is 0. The van der Waals surface area contributed by atoms with E-state index >= 15 is 0 Å². The summed E-state index contributed by atoms with van der Waals surface area (Å²) in [7, 11) is 0. The van der Waals surface area contributed by atoms with Crippen molar-refractivity contribution < 1.29 is 13.6 Å². The number of carbonyl (C=O) groups is 1. The second-order valence-electron chi connectivity index (χ2n) is 5.93. The minimum absolute atomic E-state index is 0.515. The Morgan fingerprint density at radius 1 is 0.917 bits per heavy atom. The van der Waals surface area contributed by atoms with Crippen LogP contribution in [-0.2, 0) is 0 Å². The highest BCUT2D eigenvalue weighted by atomic mass is 19.1. The normalized spacial score (nSPS) is 15.0. The van der Waals surface area contributed by atoms with Crippen molar-refractivity contribution in [3.8, 4) is 0 Å². The first-order valence-electron chi connectivity index (χ1n) is 8.16. The van der Waals surface area contributed by atoms with E-state index in [1.54, 1.807) is 6.08 Å². The zero-order chi connectivity index (χ0) is 16.9. The molecule has 4 heteroatoms. The van der Waals surface area contributed by atoms with E-state index in [0.29, 0.717) is 0 Å². The molecule has 1 aliphatic heterocycles. The number of halogens is 2. The Hall–Kier alpha value is -2.49. The van der Waals surface area contributed by atoms with Gasteiger partial charge in [0.1, 0.15) is 11.6 Å². The van der Waals surface area contributed by atoms with Crippen molar-refractivity contribution in [1.82, 2.24) is 0 Å². The molecule has 0 aromatic heterocycles. The maximum Gasteiger partial charge on any atom is 0.191 e. The largest absolute Gasteiger partial charge is 0.372 e. The monoisotopic (exact) mass is 327 g/mol. The fraction of sp³-hybridized carbons (Fsp3) is 0.250. The van der Waals surface area contributed by atoms with Gasteiger partial charge in [-0.2, -0.15) is 0 Å². The van der Waals surface area contributed by atoms with Gasteiger partial charge in [0.15, 0.2) is 5.78 Å². The quantitative estimate of drug-likeness (QED) is 0.591. The van der Waals surface area contributed by atoms with Gasteiger partial charge in [-0.25, -0.2) is 8.78 Å². The molecule has 0 bridgehead atoms. The molecular formula is C20H19F2NO. The molecule has 2 aromatic rings. The average molecular weight is 327 g/mol. The smallest absolute Gasteiger partial charge is 0.191 e. The molecule has 2 nitrogen and oxygen atoms in total. The molecule has 24 heavy (non-hydrogen) atoms. The van der Waals surface area contributed by atoms with Crippen LogP contribution in [0.3, 0.4) is 0 Å². The van der Waals surface area contributed by atoms with Crippen LogP contribution in [0, 0.1) is 11.6 Å². The van der Waals surface area contributed by atoms with Crippen LogP contribution in [0.4, 0.5) is 14.5 Å². The lowest BCUT2D eigenvalue weighted by Crippen LogP contribution is -2.29. The van der Waals surface area contributed by atoms with Gasteiger partial charge in [-0.05, 0) is 55.2 Å². The number of carbonyl (C=O) groups excluding carboxylic acids is 1. The van der Waals surface area contributed by atoms with Gasteiger partial charge >= 0.3 is 0 Å². The first-order valence-corrected chi connectivity index (χ1v) is 8.16. The van der Waals surface area contributed by atoms with Crippen LogP contribution in [0.15, 0.2) is 48.5 Å². The molecule has 0 radical (unpaired) electrons. The van der Waals surface area contributed by atoms with E-state index in [2.05, 4.69) is 4.90 Å². The first kappa shape index (κ1) is 16.4. The number of ketones is 1. The summed E-state index contributed by atoms with van der Waals surface area (Å²) in [6.07, 6.45) is 6.49. The molecule has 1 heterocycles. The Morgan fingerprint density at radius 3 is 2.17 bits per heavy atom. The summed E-state index contributed by atoms with van der Waals surface area (Å²) in [5, 5.41) is 0. The van der Waals surface area contributed by atoms with E-state index in [9.17, 15) is 13.6 Å². The fourth-order valence-corrected chi connectivity index (χ4v) is 2.94. The molecule has 2 aromatic carbocycles. The predicted octanol–water partition coefficient (Wildman–Crippen LogP) is 4.85. The molecule has 0 unspecified atom stereocenters. The third-order valence-electron chi connectivity index (χ3n) is 4.25. The van der Waals surface area contributed by atoms with E-state index in [1.807, 2.05) is 24.3 Å². The zero-order valence-electron chi connectivity index (χ0n) is 13.3. The molecular weight excluding hydrogens is 308 g/mol. The van der Waals surface area contributed by atoms with E-state index in [0.717, 1.165) is 30.8 Å². The van der Waals surface area contributed by atoms with Crippen LogP contribution in [0.25, 0.3) is 6.08 Å². The lowest BCUT2D eigenvalue weighted by Gasteiger charge is -2.28. The van der Waals surface area contributed by atoms with Crippen LogP contribution in [0.1, 0.15) is 35.2 Å². The number of rotatable bonds is 4. The molecule has 0 amide bonds. The first-order chi connectivity index (χ1) is 11.6. The number of nitrogens with zero attached hydrogens (tertiary/aromatic N) is 1. The minimum Gasteiger partial charge on any atom is -0.372 e. The predicted molar refractivity (Wildman–Crippen MR) is 92.2 cm³/mol. The summed E-state index contributed by atoms with van der Waals surface area (Å²) in [6, 6.07) is 11.2. The van der Waals surface area contributed by atoms with Gasteiger partial charge in [-0.3, -0.25) is 4.79 Å². The van der Waals surface area contributed by atoms with Crippen molar-refractivity contribution >= 4 is 17.5 Å². The highest BCUT2D eigenvalue weighted by Gasteiger charge is 2.14. The number of anilines is 1. The van der Waals surface area contributed by atoms with Gasteiger partial charge in [0, 0.05) is 18.8 Å². The highest BCUT2D eigenvalue weighted by Crippen LogP contribution is 2.21. The van der Waals surface area contributed by atoms with Gasteiger partial charge in [-0.15, -0.1) is 0 Å². The minimum atomic E-state index is -0.843. The molecule has 0 N–H and O–H groups in total. The van der Waals surface area contributed by atoms with Gasteiger partial charge < -0.3 is 4.90 Å². The van der Waals surface area contributed by atoms with Gasteiger partial charge in [0.25, 0.3) is 0 Å². The molecule has 1 fully saturated rings. The van der Waals surface area contributed by atoms with Crippen LogP contribution in [-0.4, -0.2) is 18.9 Å². The third kappa shape index (κ3) is 3.70. The highest BCUT2D eigenvalue weighted by molar-refractivity contribution is 6.07. The molecule has 124 valence electrons. The zero-order valence-corrected chi connectivity index (χ0v) is 13.3. The molecule has 1 aliphatic rings. The lowest BCUT2D eigenvalue weighted by atomic mass is 10.1. The Bertz CT molecular complexity index is 726. The third-order valence-corrected chi connectivity index (χ3v) is 4.25. The van der Waals surface area contributed by atoms with Crippen LogP contribution >= 0.6 is 0 Å². The molecule has 1 saturated heterocycles.